The zero-order chi connectivity index (χ0) is 19.1. The third kappa shape index (κ3) is 6.26. The Labute approximate surface area is 191 Å². The molecule has 0 aliphatic carbocycles. The van der Waals surface area contributed by atoms with Crippen LogP contribution in [0.15, 0.2) is 58.2 Å². The van der Waals surface area contributed by atoms with Crippen molar-refractivity contribution >= 4 is 52.6 Å². The van der Waals surface area contributed by atoms with Gasteiger partial charge in [0.25, 0.3) is 0 Å². The van der Waals surface area contributed by atoms with Gasteiger partial charge in [-0.1, -0.05) is 36.4 Å². The first-order chi connectivity index (χ1) is 13.1. The smallest absolute Gasteiger partial charge is 0.191 e. The Morgan fingerprint density at radius 1 is 1.14 bits per heavy atom. The van der Waals surface area contributed by atoms with Crippen molar-refractivity contribution in [3.63, 3.8) is 0 Å². The minimum atomic E-state index is -0.938. The molecule has 8 heteroatoms. The molecule has 5 nitrogen and oxygen atoms in total. The maximum absolute atomic E-state index is 10.7. The molecule has 28 heavy (non-hydrogen) atoms. The van der Waals surface area contributed by atoms with Gasteiger partial charge in [-0.25, -0.2) is 9.98 Å². The number of nitrogens with one attached hydrogen (secondary N) is 2. The highest BCUT2D eigenvalue weighted by atomic mass is 127. The van der Waals surface area contributed by atoms with Crippen LogP contribution < -0.4 is 10.6 Å². The minimum absolute atomic E-state index is 0. The monoisotopic (exact) mass is 528 g/mol. The largest absolute Gasteiger partial charge is 0.383 e. The van der Waals surface area contributed by atoms with Gasteiger partial charge < -0.3 is 15.7 Å². The van der Waals surface area contributed by atoms with E-state index in [9.17, 15) is 5.11 Å². The molecule has 3 rings (SSSR count). The summed E-state index contributed by atoms with van der Waals surface area (Å²) in [5.41, 5.74) is 1.15. The highest BCUT2D eigenvalue weighted by molar-refractivity contribution is 14.0. The van der Waals surface area contributed by atoms with Crippen molar-refractivity contribution in [2.24, 2.45) is 4.99 Å². The Morgan fingerprint density at radius 2 is 1.93 bits per heavy atom. The van der Waals surface area contributed by atoms with Crippen LogP contribution in [0.3, 0.4) is 0 Å². The number of hydrogen-bond donors (Lipinski definition) is 3. The van der Waals surface area contributed by atoms with Gasteiger partial charge in [-0.2, -0.15) is 0 Å². The average molecular weight is 528 g/mol. The molecule has 3 aromatic rings. The van der Waals surface area contributed by atoms with Gasteiger partial charge in [-0.15, -0.1) is 46.7 Å². The SMILES string of the molecule is CCNC(=NCc1nc(-c2ccccc2)cs1)NCC(C)(O)c1cccs1.I. The minimum Gasteiger partial charge on any atom is -0.383 e. The normalized spacial score (nSPS) is 13.5. The number of thiophene rings is 1. The Hall–Kier alpha value is -1.49. The number of aliphatic hydroxyl groups is 1. The van der Waals surface area contributed by atoms with Crippen LogP contribution >= 0.6 is 46.7 Å². The van der Waals surface area contributed by atoms with E-state index < -0.39 is 5.60 Å². The number of halogens is 1. The van der Waals surface area contributed by atoms with Crippen LogP contribution in [0.25, 0.3) is 11.3 Å². The second kappa shape index (κ2) is 10.9. The summed E-state index contributed by atoms with van der Waals surface area (Å²) in [7, 11) is 0. The fourth-order valence-corrected chi connectivity index (χ4v) is 4.05. The third-order valence-electron chi connectivity index (χ3n) is 3.99. The van der Waals surface area contributed by atoms with Crippen LogP contribution in [-0.2, 0) is 12.1 Å². The molecule has 0 bridgehead atoms. The third-order valence-corrected chi connectivity index (χ3v) is 5.95. The maximum atomic E-state index is 10.7. The zero-order valence-corrected chi connectivity index (χ0v) is 19.8. The summed E-state index contributed by atoms with van der Waals surface area (Å²) in [6.07, 6.45) is 0. The lowest BCUT2D eigenvalue weighted by Crippen LogP contribution is -2.44. The zero-order valence-electron chi connectivity index (χ0n) is 15.9. The number of aliphatic imine (C=N–C) groups is 1. The van der Waals surface area contributed by atoms with Gasteiger partial charge in [0.1, 0.15) is 10.6 Å². The van der Waals surface area contributed by atoms with Crippen molar-refractivity contribution in [1.82, 2.24) is 15.6 Å². The second-order valence-electron chi connectivity index (χ2n) is 6.29. The van der Waals surface area contributed by atoms with E-state index in [0.717, 1.165) is 27.7 Å². The lowest BCUT2D eigenvalue weighted by Gasteiger charge is -2.23. The Bertz CT molecular complexity index is 863. The quantitative estimate of drug-likeness (QED) is 0.241. The number of rotatable bonds is 7. The molecule has 0 fully saturated rings. The van der Waals surface area contributed by atoms with Gasteiger partial charge in [0.05, 0.1) is 18.8 Å². The van der Waals surface area contributed by atoms with Gasteiger partial charge in [-0.3, -0.25) is 0 Å². The van der Waals surface area contributed by atoms with E-state index in [2.05, 4.69) is 38.1 Å². The van der Waals surface area contributed by atoms with Crippen LogP contribution in [0.1, 0.15) is 23.7 Å². The molecular formula is C20H25IN4OS2. The number of benzene rings is 1. The maximum Gasteiger partial charge on any atom is 0.191 e. The summed E-state index contributed by atoms with van der Waals surface area (Å²) < 4.78 is 0. The number of thiazole rings is 1. The first-order valence-corrected chi connectivity index (χ1v) is 10.6. The first-order valence-electron chi connectivity index (χ1n) is 8.87. The van der Waals surface area contributed by atoms with Crippen LogP contribution in [0.4, 0.5) is 0 Å². The standard InChI is InChI=1S/C20H24N4OS2.HI/c1-3-21-19(23-14-20(2,25)17-10-7-11-26-17)22-12-18-24-16(13-27-18)15-8-5-4-6-9-15;/h4-11,13,25H,3,12,14H2,1-2H3,(H2,21,22,23);1H. The van der Waals surface area contributed by atoms with E-state index in [0.29, 0.717) is 19.0 Å². The van der Waals surface area contributed by atoms with Gasteiger partial charge >= 0.3 is 0 Å². The van der Waals surface area contributed by atoms with Crippen LogP contribution in [0.2, 0.25) is 0 Å². The van der Waals surface area contributed by atoms with Crippen LogP contribution in [0, 0.1) is 0 Å². The molecule has 3 N–H and O–H groups in total. The number of hydrogen-bond acceptors (Lipinski definition) is 5. The molecule has 2 heterocycles. The molecule has 0 saturated carbocycles. The molecule has 0 saturated heterocycles. The molecule has 0 aliphatic heterocycles. The summed E-state index contributed by atoms with van der Waals surface area (Å²) in [4.78, 5) is 10.2. The number of guanidine groups is 1. The van der Waals surface area contributed by atoms with E-state index in [1.54, 1.807) is 22.7 Å². The van der Waals surface area contributed by atoms with Crippen molar-refractivity contribution in [3.8, 4) is 11.3 Å². The van der Waals surface area contributed by atoms with Gasteiger partial charge in [0, 0.05) is 22.4 Å². The summed E-state index contributed by atoms with van der Waals surface area (Å²) >= 11 is 3.15. The Kier molecular flexibility index (Phi) is 8.87. The summed E-state index contributed by atoms with van der Waals surface area (Å²) in [6.45, 7) is 5.45. The molecule has 2 aromatic heterocycles. The predicted octanol–water partition coefficient (Wildman–Crippen LogP) is 4.45. The fourth-order valence-electron chi connectivity index (χ4n) is 2.54. The van der Waals surface area contributed by atoms with Crippen LogP contribution in [-0.4, -0.2) is 29.1 Å². The highest BCUT2D eigenvalue weighted by Crippen LogP contribution is 2.24. The van der Waals surface area contributed by atoms with Gasteiger partial charge in [-0.05, 0) is 25.3 Å². The van der Waals surface area contributed by atoms with Crippen molar-refractivity contribution < 1.29 is 5.11 Å². The molecule has 1 aromatic carbocycles. The molecule has 1 unspecified atom stereocenters. The molecular weight excluding hydrogens is 503 g/mol. The van der Waals surface area contributed by atoms with Crippen molar-refractivity contribution in [3.05, 3.63) is 63.1 Å². The predicted molar refractivity (Wildman–Crippen MR) is 130 cm³/mol. The van der Waals surface area contributed by atoms with E-state index >= 15 is 0 Å². The molecule has 0 radical (unpaired) electrons. The molecule has 1 atom stereocenters. The van der Waals surface area contributed by atoms with Gasteiger partial charge in [0.2, 0.25) is 0 Å². The fraction of sp³-hybridized carbons (Fsp3) is 0.300. The van der Waals surface area contributed by atoms with Crippen LogP contribution in [0.5, 0.6) is 0 Å². The Morgan fingerprint density at radius 3 is 2.61 bits per heavy atom. The second-order valence-corrected chi connectivity index (χ2v) is 8.18. The Balaban J connectivity index is 0.00000280. The molecule has 0 spiro atoms. The number of aromatic nitrogens is 1. The van der Waals surface area contributed by atoms with Crippen molar-refractivity contribution in [2.45, 2.75) is 26.0 Å². The average Bonchev–Trinajstić information content (AvgIpc) is 3.37. The van der Waals surface area contributed by atoms with Gasteiger partial charge in [0.15, 0.2) is 5.96 Å². The van der Waals surface area contributed by atoms with E-state index in [1.165, 1.54) is 0 Å². The summed E-state index contributed by atoms with van der Waals surface area (Å²) in [5, 5.41) is 22.1. The molecule has 150 valence electrons. The lowest BCUT2D eigenvalue weighted by molar-refractivity contribution is 0.0655. The molecule has 0 amide bonds. The topological polar surface area (TPSA) is 69.5 Å². The van der Waals surface area contributed by atoms with Crippen molar-refractivity contribution in [2.75, 3.05) is 13.1 Å². The highest BCUT2D eigenvalue weighted by Gasteiger charge is 2.24. The lowest BCUT2D eigenvalue weighted by atomic mass is 10.1. The van der Waals surface area contributed by atoms with E-state index in [-0.39, 0.29) is 24.0 Å². The summed E-state index contributed by atoms with van der Waals surface area (Å²) in [5.74, 6) is 0.672. The molecule has 0 aliphatic rings. The van der Waals surface area contributed by atoms with E-state index in [1.807, 2.05) is 49.6 Å². The summed E-state index contributed by atoms with van der Waals surface area (Å²) in [6, 6.07) is 14.0. The first kappa shape index (κ1) is 22.8. The van der Waals surface area contributed by atoms with E-state index in [4.69, 9.17) is 0 Å². The van der Waals surface area contributed by atoms with Crippen molar-refractivity contribution in [1.29, 1.82) is 0 Å². The number of nitrogens with zero attached hydrogens (tertiary/aromatic N) is 2.